The summed E-state index contributed by atoms with van der Waals surface area (Å²) in [6.45, 7) is -0.516. The topological polar surface area (TPSA) is 93.0 Å². The van der Waals surface area contributed by atoms with E-state index < -0.39 is 18.5 Å². The molecule has 0 bridgehead atoms. The van der Waals surface area contributed by atoms with Gasteiger partial charge in [-0.25, -0.2) is 9.78 Å². The Hall–Kier alpha value is -2.87. The quantitative estimate of drug-likeness (QED) is 0.568. The molecule has 0 unspecified atom stereocenters. The molecule has 0 aromatic carbocycles. The minimum absolute atomic E-state index is 0.0693. The summed E-state index contributed by atoms with van der Waals surface area (Å²) in [6.07, 6.45) is 6.37. The first-order valence-corrected chi connectivity index (χ1v) is 8.82. The Morgan fingerprint density at radius 3 is 2.93 bits per heavy atom. The van der Waals surface area contributed by atoms with Crippen molar-refractivity contribution in [3.8, 4) is 0 Å². The molecule has 1 aliphatic carbocycles. The number of hydrogen-bond acceptors (Lipinski definition) is 5. The van der Waals surface area contributed by atoms with Crippen molar-refractivity contribution in [2.24, 2.45) is 0 Å². The molecular weight excluding hydrogens is 372 g/mol. The van der Waals surface area contributed by atoms with Gasteiger partial charge in [0.2, 0.25) is 5.91 Å². The second-order valence-electron chi connectivity index (χ2n) is 6.25. The first-order chi connectivity index (χ1) is 12.9. The molecule has 0 spiro atoms. The number of carbonyl (C=O) groups is 3. The number of rotatable bonds is 7. The number of aromatic nitrogens is 2. The van der Waals surface area contributed by atoms with E-state index in [1.54, 1.807) is 16.7 Å². The van der Waals surface area contributed by atoms with Crippen molar-refractivity contribution in [2.75, 3.05) is 20.2 Å². The van der Waals surface area contributed by atoms with Crippen LogP contribution in [0.2, 0.25) is 5.15 Å². The monoisotopic (exact) mass is 390 g/mol. The standard InChI is InChI=1S/C18H19ClN4O4/c1-22(10-15(24)20-12-5-6-12)16(25)11-27-17(26)8-7-13-18(19)21-14-4-2-3-9-23(13)14/h2-4,7-9,12H,5-6,10-11H2,1H3,(H,20,24)/b8-7+. The lowest BCUT2D eigenvalue weighted by molar-refractivity contribution is -0.148. The molecule has 3 rings (SSSR count). The molecule has 2 amide bonds. The van der Waals surface area contributed by atoms with Gasteiger partial charge >= 0.3 is 5.97 Å². The average Bonchev–Trinajstić information content (AvgIpc) is 3.38. The van der Waals surface area contributed by atoms with Crippen molar-refractivity contribution in [1.82, 2.24) is 19.6 Å². The molecule has 2 aromatic rings. The SMILES string of the molecule is CN(CC(=O)NC1CC1)C(=O)COC(=O)/C=C/c1c(Cl)nc2ccccn12. The molecule has 2 heterocycles. The van der Waals surface area contributed by atoms with Crippen LogP contribution in [0.3, 0.4) is 0 Å². The Morgan fingerprint density at radius 2 is 2.19 bits per heavy atom. The number of amides is 2. The molecule has 1 saturated carbocycles. The van der Waals surface area contributed by atoms with Crippen LogP contribution in [0.5, 0.6) is 0 Å². The number of imidazole rings is 1. The van der Waals surface area contributed by atoms with Crippen molar-refractivity contribution in [3.63, 3.8) is 0 Å². The van der Waals surface area contributed by atoms with Gasteiger partial charge in [-0.1, -0.05) is 17.7 Å². The smallest absolute Gasteiger partial charge is 0.331 e. The van der Waals surface area contributed by atoms with Crippen LogP contribution in [0.25, 0.3) is 11.7 Å². The minimum atomic E-state index is -0.693. The van der Waals surface area contributed by atoms with Crippen LogP contribution in [0.1, 0.15) is 18.5 Å². The summed E-state index contributed by atoms with van der Waals surface area (Å²) in [4.78, 5) is 40.9. The number of likely N-dealkylation sites (N-methyl/N-ethyl adjacent to an activating group) is 1. The molecule has 142 valence electrons. The van der Waals surface area contributed by atoms with Crippen LogP contribution in [-0.2, 0) is 19.1 Å². The summed E-state index contributed by atoms with van der Waals surface area (Å²) in [7, 11) is 1.48. The first kappa shape index (κ1) is 18.9. The fourth-order valence-corrected chi connectivity index (χ4v) is 2.62. The van der Waals surface area contributed by atoms with E-state index in [4.69, 9.17) is 16.3 Å². The van der Waals surface area contributed by atoms with Crippen molar-refractivity contribution in [2.45, 2.75) is 18.9 Å². The van der Waals surface area contributed by atoms with Crippen LogP contribution in [-0.4, -0.2) is 58.3 Å². The van der Waals surface area contributed by atoms with E-state index in [2.05, 4.69) is 10.3 Å². The maximum Gasteiger partial charge on any atom is 0.331 e. The molecule has 0 atom stereocenters. The van der Waals surface area contributed by atoms with Crippen molar-refractivity contribution in [3.05, 3.63) is 41.3 Å². The van der Waals surface area contributed by atoms with Gasteiger partial charge in [-0.15, -0.1) is 0 Å². The number of esters is 1. The zero-order chi connectivity index (χ0) is 19.4. The van der Waals surface area contributed by atoms with Crippen molar-refractivity contribution >= 4 is 41.1 Å². The van der Waals surface area contributed by atoms with Crippen LogP contribution < -0.4 is 5.32 Å². The summed E-state index contributed by atoms with van der Waals surface area (Å²) in [6, 6.07) is 5.66. The highest BCUT2D eigenvalue weighted by molar-refractivity contribution is 6.31. The second-order valence-corrected chi connectivity index (χ2v) is 6.61. The molecule has 1 N–H and O–H groups in total. The van der Waals surface area contributed by atoms with Gasteiger partial charge in [0.15, 0.2) is 11.8 Å². The van der Waals surface area contributed by atoms with Crippen LogP contribution in [0.4, 0.5) is 0 Å². The molecule has 2 aromatic heterocycles. The summed E-state index contributed by atoms with van der Waals surface area (Å²) < 4.78 is 6.65. The minimum Gasteiger partial charge on any atom is -0.452 e. The van der Waals surface area contributed by atoms with E-state index in [0.717, 1.165) is 12.8 Å². The predicted molar refractivity (Wildman–Crippen MR) is 99.0 cm³/mol. The number of nitrogens with zero attached hydrogens (tertiary/aromatic N) is 3. The lowest BCUT2D eigenvalue weighted by Gasteiger charge is -2.16. The molecular formula is C18H19ClN4O4. The van der Waals surface area contributed by atoms with Crippen molar-refractivity contribution in [1.29, 1.82) is 0 Å². The number of hydrogen-bond donors (Lipinski definition) is 1. The number of ether oxygens (including phenoxy) is 1. The Balaban J connectivity index is 1.49. The zero-order valence-electron chi connectivity index (χ0n) is 14.7. The van der Waals surface area contributed by atoms with Gasteiger partial charge < -0.3 is 15.0 Å². The Kier molecular flexibility index (Phi) is 5.75. The molecule has 0 aliphatic heterocycles. The normalized spacial score (nSPS) is 13.7. The Bertz CT molecular complexity index is 904. The molecule has 8 nitrogen and oxygen atoms in total. The number of pyridine rings is 1. The van der Waals surface area contributed by atoms with E-state index in [1.807, 2.05) is 12.1 Å². The number of halogens is 1. The largest absolute Gasteiger partial charge is 0.452 e. The highest BCUT2D eigenvalue weighted by Crippen LogP contribution is 2.19. The fraction of sp³-hybridized carbons (Fsp3) is 0.333. The number of fused-ring (bicyclic) bond motifs is 1. The van der Waals surface area contributed by atoms with Gasteiger partial charge in [-0.3, -0.25) is 14.0 Å². The summed E-state index contributed by atoms with van der Waals surface area (Å²) in [5, 5.41) is 3.04. The molecule has 1 fully saturated rings. The van der Waals surface area contributed by atoms with Gasteiger partial charge in [0.05, 0.1) is 12.2 Å². The van der Waals surface area contributed by atoms with Crippen LogP contribution >= 0.6 is 11.6 Å². The maximum absolute atomic E-state index is 12.0. The van der Waals surface area contributed by atoms with E-state index in [9.17, 15) is 14.4 Å². The zero-order valence-corrected chi connectivity index (χ0v) is 15.5. The predicted octanol–water partition coefficient (Wildman–Crippen LogP) is 1.28. The molecule has 1 aliphatic rings. The summed E-state index contributed by atoms with van der Waals surface area (Å²) in [5.74, 6) is -1.38. The van der Waals surface area contributed by atoms with Crippen molar-refractivity contribution < 1.29 is 19.1 Å². The highest BCUT2D eigenvalue weighted by atomic mass is 35.5. The van der Waals surface area contributed by atoms with Gasteiger partial charge in [0.25, 0.3) is 5.91 Å². The molecule has 0 radical (unpaired) electrons. The Morgan fingerprint density at radius 1 is 1.41 bits per heavy atom. The van der Waals surface area contributed by atoms with E-state index >= 15 is 0 Å². The highest BCUT2D eigenvalue weighted by Gasteiger charge is 2.24. The Labute approximate surface area is 160 Å². The van der Waals surface area contributed by atoms with Gasteiger partial charge in [-0.05, 0) is 31.1 Å². The van der Waals surface area contributed by atoms with Crippen LogP contribution in [0.15, 0.2) is 30.5 Å². The van der Waals surface area contributed by atoms with E-state index in [-0.39, 0.29) is 23.6 Å². The number of carbonyl (C=O) groups excluding carboxylic acids is 3. The number of nitrogens with one attached hydrogen (secondary N) is 1. The van der Waals surface area contributed by atoms with Crippen LogP contribution in [0, 0.1) is 0 Å². The van der Waals surface area contributed by atoms with Gasteiger partial charge in [0, 0.05) is 25.4 Å². The van der Waals surface area contributed by atoms with Gasteiger partial charge in [-0.2, -0.15) is 0 Å². The fourth-order valence-electron chi connectivity index (χ4n) is 2.38. The first-order valence-electron chi connectivity index (χ1n) is 8.45. The maximum atomic E-state index is 12.0. The average molecular weight is 391 g/mol. The third-order valence-corrected chi connectivity index (χ3v) is 4.26. The molecule has 0 saturated heterocycles. The third kappa shape index (κ3) is 5.07. The summed E-state index contributed by atoms with van der Waals surface area (Å²) >= 11 is 6.08. The second kappa shape index (κ2) is 8.22. The van der Waals surface area contributed by atoms with E-state index in [1.165, 1.54) is 24.1 Å². The lowest BCUT2D eigenvalue weighted by Crippen LogP contribution is -2.40. The van der Waals surface area contributed by atoms with E-state index in [0.29, 0.717) is 11.3 Å². The summed E-state index contributed by atoms with van der Waals surface area (Å²) in [5.41, 5.74) is 1.18. The van der Waals surface area contributed by atoms with Gasteiger partial charge in [0.1, 0.15) is 5.65 Å². The molecule has 27 heavy (non-hydrogen) atoms. The molecule has 9 heteroatoms. The third-order valence-electron chi connectivity index (χ3n) is 3.99. The lowest BCUT2D eigenvalue weighted by atomic mass is 10.4.